The summed E-state index contributed by atoms with van der Waals surface area (Å²) in [7, 11) is 0. The number of pyridine rings is 1. The van der Waals surface area contributed by atoms with Crippen LogP contribution in [-0.2, 0) is 0 Å². The van der Waals surface area contributed by atoms with Crippen molar-refractivity contribution in [2.24, 2.45) is 0 Å². The van der Waals surface area contributed by atoms with Crippen LogP contribution in [0.15, 0.2) is 42.6 Å². The third-order valence-electron chi connectivity index (χ3n) is 2.70. The van der Waals surface area contributed by atoms with Crippen LogP contribution in [0, 0.1) is 0 Å². The fourth-order valence-electron chi connectivity index (χ4n) is 1.64. The Morgan fingerprint density at radius 2 is 1.95 bits per heavy atom. The van der Waals surface area contributed by atoms with E-state index < -0.39 is 6.10 Å². The van der Waals surface area contributed by atoms with E-state index in [1.54, 1.807) is 30.3 Å². The topological polar surface area (TPSA) is 62.2 Å². The Morgan fingerprint density at radius 3 is 2.60 bits per heavy atom. The van der Waals surface area contributed by atoms with Crippen molar-refractivity contribution in [3.63, 3.8) is 0 Å². The molecule has 0 saturated carbocycles. The third-order valence-corrected chi connectivity index (χ3v) is 3.16. The Morgan fingerprint density at radius 1 is 1.25 bits per heavy atom. The van der Waals surface area contributed by atoms with Gasteiger partial charge < -0.3 is 10.4 Å². The molecule has 1 aromatic heterocycles. The Kier molecular flexibility index (Phi) is 4.95. The maximum atomic E-state index is 11.9. The van der Waals surface area contributed by atoms with E-state index in [2.05, 4.69) is 10.3 Å². The average molecular weight is 311 g/mol. The van der Waals surface area contributed by atoms with Crippen molar-refractivity contribution in [2.45, 2.75) is 6.10 Å². The Labute approximate surface area is 126 Å². The molecule has 1 heterocycles. The molecule has 1 atom stereocenters. The minimum Gasteiger partial charge on any atom is -0.387 e. The van der Waals surface area contributed by atoms with Gasteiger partial charge in [0.25, 0.3) is 5.91 Å². The number of nitrogens with one attached hydrogen (secondary N) is 1. The summed E-state index contributed by atoms with van der Waals surface area (Å²) in [6.07, 6.45) is 0.654. The van der Waals surface area contributed by atoms with Gasteiger partial charge in [-0.3, -0.25) is 4.79 Å². The molecule has 104 valence electrons. The van der Waals surface area contributed by atoms with Crippen molar-refractivity contribution in [3.8, 4) is 0 Å². The van der Waals surface area contributed by atoms with Crippen molar-refractivity contribution in [2.75, 3.05) is 6.54 Å². The zero-order valence-electron chi connectivity index (χ0n) is 10.4. The second-order valence-corrected chi connectivity index (χ2v) is 4.97. The van der Waals surface area contributed by atoms with E-state index in [1.807, 2.05) is 0 Å². The molecular formula is C14H12Cl2N2O2. The molecule has 20 heavy (non-hydrogen) atoms. The van der Waals surface area contributed by atoms with E-state index in [-0.39, 0.29) is 17.6 Å². The minimum atomic E-state index is -0.798. The largest absolute Gasteiger partial charge is 0.387 e. The molecule has 0 fully saturated rings. The summed E-state index contributed by atoms with van der Waals surface area (Å²) in [5.41, 5.74) is 1.08. The zero-order chi connectivity index (χ0) is 14.5. The highest BCUT2D eigenvalue weighted by Gasteiger charge is 2.11. The predicted octanol–water partition coefficient (Wildman–Crippen LogP) is 2.85. The number of carbonyl (C=O) groups is 1. The van der Waals surface area contributed by atoms with Gasteiger partial charge in [-0.1, -0.05) is 35.3 Å². The number of aliphatic hydroxyl groups excluding tert-OH is 1. The molecule has 0 spiro atoms. The first-order valence-electron chi connectivity index (χ1n) is 5.89. The molecule has 0 aliphatic rings. The van der Waals surface area contributed by atoms with Gasteiger partial charge in [0.15, 0.2) is 0 Å². The fourth-order valence-corrected chi connectivity index (χ4v) is 1.94. The van der Waals surface area contributed by atoms with E-state index in [9.17, 15) is 9.90 Å². The maximum Gasteiger partial charge on any atom is 0.251 e. The molecule has 1 amide bonds. The summed E-state index contributed by atoms with van der Waals surface area (Å²) in [6, 6.07) is 9.81. The molecule has 0 radical (unpaired) electrons. The average Bonchev–Trinajstić information content (AvgIpc) is 2.45. The number of hydrogen-bond donors (Lipinski definition) is 2. The highest BCUT2D eigenvalue weighted by molar-refractivity contribution is 6.30. The van der Waals surface area contributed by atoms with Crippen LogP contribution in [0.5, 0.6) is 0 Å². The number of aromatic nitrogens is 1. The van der Waals surface area contributed by atoms with Crippen LogP contribution in [0.1, 0.15) is 22.0 Å². The van der Waals surface area contributed by atoms with Gasteiger partial charge in [0, 0.05) is 23.3 Å². The number of rotatable bonds is 4. The van der Waals surface area contributed by atoms with Gasteiger partial charge in [0.1, 0.15) is 5.15 Å². The summed E-state index contributed by atoms with van der Waals surface area (Å²) < 4.78 is 0. The minimum absolute atomic E-state index is 0.0976. The Bertz CT molecular complexity index is 602. The predicted molar refractivity (Wildman–Crippen MR) is 78.0 cm³/mol. The van der Waals surface area contributed by atoms with Gasteiger partial charge in [0.05, 0.1) is 6.10 Å². The van der Waals surface area contributed by atoms with Crippen molar-refractivity contribution < 1.29 is 9.90 Å². The number of carbonyl (C=O) groups excluding carboxylic acids is 1. The van der Waals surface area contributed by atoms with Crippen LogP contribution in [0.3, 0.4) is 0 Å². The van der Waals surface area contributed by atoms with Gasteiger partial charge in [0.2, 0.25) is 0 Å². The van der Waals surface area contributed by atoms with Crippen LogP contribution in [-0.4, -0.2) is 22.5 Å². The van der Waals surface area contributed by atoms with E-state index in [0.717, 1.165) is 0 Å². The monoisotopic (exact) mass is 310 g/mol. The van der Waals surface area contributed by atoms with E-state index >= 15 is 0 Å². The number of amides is 1. The van der Waals surface area contributed by atoms with E-state index in [0.29, 0.717) is 16.1 Å². The van der Waals surface area contributed by atoms with Crippen molar-refractivity contribution >= 4 is 29.1 Å². The van der Waals surface area contributed by atoms with Crippen LogP contribution >= 0.6 is 23.2 Å². The van der Waals surface area contributed by atoms with Crippen LogP contribution < -0.4 is 5.32 Å². The maximum absolute atomic E-state index is 11.9. The molecule has 0 aliphatic heterocycles. The van der Waals surface area contributed by atoms with Gasteiger partial charge in [-0.25, -0.2) is 4.98 Å². The second-order valence-electron chi connectivity index (χ2n) is 4.14. The smallest absolute Gasteiger partial charge is 0.251 e. The Hall–Kier alpha value is -1.62. The highest BCUT2D eigenvalue weighted by Crippen LogP contribution is 2.16. The highest BCUT2D eigenvalue weighted by atomic mass is 35.5. The lowest BCUT2D eigenvalue weighted by atomic mass is 10.1. The first-order chi connectivity index (χ1) is 9.56. The standard InChI is InChI=1S/C14H12Cl2N2O2/c15-11-3-1-9(2-4-11)12(19)8-18-14(20)10-5-6-17-13(16)7-10/h1-7,12,19H,8H2,(H,18,20). The third kappa shape index (κ3) is 3.93. The summed E-state index contributed by atoms with van der Waals surface area (Å²) >= 11 is 11.5. The molecular weight excluding hydrogens is 299 g/mol. The molecule has 1 unspecified atom stereocenters. The van der Waals surface area contributed by atoms with Crippen LogP contribution in [0.4, 0.5) is 0 Å². The molecule has 2 aromatic rings. The fraction of sp³-hybridized carbons (Fsp3) is 0.143. The quantitative estimate of drug-likeness (QED) is 0.854. The van der Waals surface area contributed by atoms with Gasteiger partial charge in [-0.05, 0) is 29.8 Å². The number of nitrogens with zero attached hydrogens (tertiary/aromatic N) is 1. The first-order valence-corrected chi connectivity index (χ1v) is 6.65. The second kappa shape index (κ2) is 6.70. The first kappa shape index (κ1) is 14.8. The summed E-state index contributed by atoms with van der Waals surface area (Å²) in [5, 5.41) is 13.4. The number of halogens is 2. The molecule has 2 rings (SSSR count). The van der Waals surface area contributed by atoms with Gasteiger partial charge in [-0.2, -0.15) is 0 Å². The summed E-state index contributed by atoms with van der Waals surface area (Å²) in [6.45, 7) is 0.0976. The lowest BCUT2D eigenvalue weighted by Gasteiger charge is -2.12. The van der Waals surface area contributed by atoms with Crippen molar-refractivity contribution in [1.29, 1.82) is 0 Å². The lowest BCUT2D eigenvalue weighted by Crippen LogP contribution is -2.28. The summed E-state index contributed by atoms with van der Waals surface area (Å²) in [4.78, 5) is 15.7. The van der Waals surface area contributed by atoms with Crippen LogP contribution in [0.2, 0.25) is 10.2 Å². The summed E-state index contributed by atoms with van der Waals surface area (Å²) in [5.74, 6) is -0.317. The van der Waals surface area contributed by atoms with E-state index in [1.165, 1.54) is 12.3 Å². The molecule has 0 bridgehead atoms. The molecule has 0 aliphatic carbocycles. The molecule has 4 nitrogen and oxygen atoms in total. The SMILES string of the molecule is O=C(NCC(O)c1ccc(Cl)cc1)c1ccnc(Cl)c1. The van der Waals surface area contributed by atoms with E-state index in [4.69, 9.17) is 23.2 Å². The normalized spacial score (nSPS) is 11.9. The molecule has 6 heteroatoms. The number of hydrogen-bond acceptors (Lipinski definition) is 3. The molecule has 0 saturated heterocycles. The van der Waals surface area contributed by atoms with Crippen LogP contribution in [0.25, 0.3) is 0 Å². The van der Waals surface area contributed by atoms with Gasteiger partial charge in [-0.15, -0.1) is 0 Å². The zero-order valence-corrected chi connectivity index (χ0v) is 11.9. The molecule has 2 N–H and O–H groups in total. The van der Waals surface area contributed by atoms with Crippen molar-refractivity contribution in [1.82, 2.24) is 10.3 Å². The molecule has 1 aromatic carbocycles. The number of aliphatic hydroxyl groups is 1. The lowest BCUT2D eigenvalue weighted by molar-refractivity contribution is 0.0916. The Balaban J connectivity index is 1.94. The number of benzene rings is 1. The van der Waals surface area contributed by atoms with Crippen molar-refractivity contribution in [3.05, 3.63) is 63.9 Å². The van der Waals surface area contributed by atoms with Gasteiger partial charge >= 0.3 is 0 Å².